The van der Waals surface area contributed by atoms with Crippen LogP contribution in [0.15, 0.2) is 0 Å². The highest BCUT2D eigenvalue weighted by Gasteiger charge is 2.13. The molecule has 3 heteroatoms. The molecule has 0 saturated carbocycles. The van der Waals surface area contributed by atoms with Crippen molar-refractivity contribution in [1.29, 1.82) is 0 Å². The number of hydrogen-bond donors (Lipinski definition) is 1. The molecule has 1 unspecified atom stereocenters. The third kappa shape index (κ3) is 4.61. The van der Waals surface area contributed by atoms with E-state index in [1.807, 2.05) is 0 Å². The van der Waals surface area contributed by atoms with Crippen LogP contribution in [0.3, 0.4) is 0 Å². The van der Waals surface area contributed by atoms with E-state index in [-0.39, 0.29) is 0 Å². The Balaban J connectivity index is 1.54. The second-order valence-electron chi connectivity index (χ2n) is 4.41. The first-order chi connectivity index (χ1) is 7.95. The highest BCUT2D eigenvalue weighted by molar-refractivity contribution is 8.17. The minimum Gasteiger partial charge on any atom is -0.313 e. The fourth-order valence-electron chi connectivity index (χ4n) is 2.11. The summed E-state index contributed by atoms with van der Waals surface area (Å²) in [5.41, 5.74) is 0. The van der Waals surface area contributed by atoms with Crippen LogP contribution in [-0.2, 0) is 0 Å². The summed E-state index contributed by atoms with van der Waals surface area (Å²) in [5, 5.41) is 3.49. The lowest BCUT2D eigenvalue weighted by Crippen LogP contribution is -2.20. The maximum atomic E-state index is 3.49. The fraction of sp³-hybridized carbons (Fsp3) is 0.846. The molecule has 0 bridgehead atoms. The van der Waals surface area contributed by atoms with Gasteiger partial charge < -0.3 is 5.32 Å². The molecule has 90 valence electrons. The Morgan fingerprint density at radius 2 is 2.00 bits per heavy atom. The van der Waals surface area contributed by atoms with Gasteiger partial charge in [-0.2, -0.15) is 0 Å². The van der Waals surface area contributed by atoms with E-state index in [1.54, 1.807) is 0 Å². The second kappa shape index (κ2) is 7.53. The molecule has 16 heavy (non-hydrogen) atoms. The quantitative estimate of drug-likeness (QED) is 0.778. The smallest absolute Gasteiger partial charge is 0.0511 e. The Hall–Kier alpha value is 0.220. The number of rotatable bonds is 3. The Morgan fingerprint density at radius 3 is 2.75 bits per heavy atom. The molecular formula is C13H21NS2. The van der Waals surface area contributed by atoms with E-state index in [9.17, 15) is 0 Å². The zero-order valence-corrected chi connectivity index (χ0v) is 11.5. The summed E-state index contributed by atoms with van der Waals surface area (Å²) in [6.45, 7) is 1.20. The summed E-state index contributed by atoms with van der Waals surface area (Å²) >= 11 is 4.26. The molecule has 2 fully saturated rings. The van der Waals surface area contributed by atoms with Gasteiger partial charge in [-0.25, -0.2) is 0 Å². The average Bonchev–Trinajstić information content (AvgIpc) is 2.83. The van der Waals surface area contributed by atoms with Crippen LogP contribution in [-0.4, -0.2) is 28.7 Å². The maximum Gasteiger partial charge on any atom is 0.0511 e. The van der Waals surface area contributed by atoms with Crippen LogP contribution in [0.4, 0.5) is 0 Å². The van der Waals surface area contributed by atoms with Crippen molar-refractivity contribution < 1.29 is 0 Å². The number of nitrogens with one attached hydrogen (secondary N) is 1. The number of hydrogen-bond acceptors (Lipinski definition) is 3. The van der Waals surface area contributed by atoms with Gasteiger partial charge in [-0.05, 0) is 43.7 Å². The Morgan fingerprint density at radius 1 is 1.12 bits per heavy atom. The molecule has 0 spiro atoms. The molecule has 1 nitrogen and oxygen atoms in total. The van der Waals surface area contributed by atoms with E-state index in [0.29, 0.717) is 6.04 Å². The van der Waals surface area contributed by atoms with Crippen LogP contribution >= 0.6 is 23.5 Å². The van der Waals surface area contributed by atoms with Gasteiger partial charge in [0.25, 0.3) is 0 Å². The summed E-state index contributed by atoms with van der Waals surface area (Å²) in [7, 11) is 0. The summed E-state index contributed by atoms with van der Waals surface area (Å²) in [6, 6.07) is 0.686. The minimum atomic E-state index is 0.686. The molecule has 0 radical (unpaired) electrons. The van der Waals surface area contributed by atoms with E-state index in [0.717, 1.165) is 17.4 Å². The van der Waals surface area contributed by atoms with Gasteiger partial charge in [0.05, 0.1) is 4.58 Å². The van der Waals surface area contributed by atoms with E-state index in [4.69, 9.17) is 0 Å². The highest BCUT2D eigenvalue weighted by atomic mass is 32.2. The molecule has 2 aliphatic rings. The van der Waals surface area contributed by atoms with Gasteiger partial charge in [0.1, 0.15) is 0 Å². The van der Waals surface area contributed by atoms with Crippen molar-refractivity contribution >= 4 is 23.5 Å². The lowest BCUT2D eigenvalue weighted by atomic mass is 10.1. The van der Waals surface area contributed by atoms with Crippen molar-refractivity contribution in [2.24, 2.45) is 0 Å². The normalized spacial score (nSPS) is 26.4. The SMILES string of the molecule is C(#CCC1CCCN1)CCC1SCCCS1. The molecule has 0 amide bonds. The van der Waals surface area contributed by atoms with Crippen molar-refractivity contribution in [3.63, 3.8) is 0 Å². The minimum absolute atomic E-state index is 0.686. The molecule has 2 heterocycles. The van der Waals surface area contributed by atoms with Gasteiger partial charge >= 0.3 is 0 Å². The first-order valence-corrected chi connectivity index (χ1v) is 8.47. The van der Waals surface area contributed by atoms with Gasteiger partial charge in [-0.15, -0.1) is 35.4 Å². The van der Waals surface area contributed by atoms with Crippen molar-refractivity contribution in [2.45, 2.75) is 49.1 Å². The van der Waals surface area contributed by atoms with Crippen LogP contribution in [0.2, 0.25) is 0 Å². The standard InChI is InChI=1S/C13H21NS2/c1(2-6-12-7-4-9-14-12)3-8-13-15-10-5-11-16-13/h12-14H,3-11H2. The molecule has 0 aliphatic carbocycles. The van der Waals surface area contributed by atoms with Crippen molar-refractivity contribution in [3.8, 4) is 11.8 Å². The lowest BCUT2D eigenvalue weighted by Gasteiger charge is -2.19. The topological polar surface area (TPSA) is 12.0 Å². The predicted molar refractivity (Wildman–Crippen MR) is 76.0 cm³/mol. The average molecular weight is 255 g/mol. The van der Waals surface area contributed by atoms with Gasteiger partial charge in [0, 0.05) is 18.9 Å². The molecule has 0 aromatic heterocycles. The summed E-state index contributed by atoms with van der Waals surface area (Å²) in [6.07, 6.45) is 7.48. The molecule has 0 aromatic carbocycles. The summed E-state index contributed by atoms with van der Waals surface area (Å²) in [4.78, 5) is 0. The van der Waals surface area contributed by atoms with Crippen LogP contribution < -0.4 is 5.32 Å². The molecule has 2 aliphatic heterocycles. The monoisotopic (exact) mass is 255 g/mol. The van der Waals surface area contributed by atoms with E-state index in [1.165, 1.54) is 43.7 Å². The largest absolute Gasteiger partial charge is 0.313 e. The molecule has 1 N–H and O–H groups in total. The van der Waals surface area contributed by atoms with Crippen LogP contribution in [0, 0.1) is 11.8 Å². The van der Waals surface area contributed by atoms with E-state index < -0.39 is 0 Å². The zero-order chi connectivity index (χ0) is 11.1. The van der Waals surface area contributed by atoms with Crippen LogP contribution in [0.25, 0.3) is 0 Å². The Bertz CT molecular complexity index is 244. The first-order valence-electron chi connectivity index (χ1n) is 6.37. The third-order valence-corrected chi connectivity index (χ3v) is 6.12. The zero-order valence-electron chi connectivity index (χ0n) is 9.84. The first kappa shape index (κ1) is 12.7. The van der Waals surface area contributed by atoms with Gasteiger partial charge in [-0.3, -0.25) is 0 Å². The van der Waals surface area contributed by atoms with Crippen LogP contribution in [0.5, 0.6) is 0 Å². The summed E-state index contributed by atoms with van der Waals surface area (Å²) < 4.78 is 0.827. The highest BCUT2D eigenvalue weighted by Crippen LogP contribution is 2.33. The molecule has 2 rings (SSSR count). The summed E-state index contributed by atoms with van der Waals surface area (Å²) in [5.74, 6) is 9.40. The van der Waals surface area contributed by atoms with Gasteiger partial charge in [0.15, 0.2) is 0 Å². The molecule has 2 saturated heterocycles. The Kier molecular flexibility index (Phi) is 5.96. The van der Waals surface area contributed by atoms with Gasteiger partial charge in [0.2, 0.25) is 0 Å². The van der Waals surface area contributed by atoms with Crippen LogP contribution in [0.1, 0.15) is 38.5 Å². The van der Waals surface area contributed by atoms with Crippen molar-refractivity contribution in [3.05, 3.63) is 0 Å². The third-order valence-electron chi connectivity index (χ3n) is 3.04. The fourth-order valence-corrected chi connectivity index (χ4v) is 4.97. The van der Waals surface area contributed by atoms with E-state index >= 15 is 0 Å². The molecule has 1 atom stereocenters. The molecular weight excluding hydrogens is 234 g/mol. The van der Waals surface area contributed by atoms with Crippen molar-refractivity contribution in [1.82, 2.24) is 5.32 Å². The second-order valence-corrected chi connectivity index (χ2v) is 7.33. The van der Waals surface area contributed by atoms with Gasteiger partial charge in [-0.1, -0.05) is 0 Å². The number of thioether (sulfide) groups is 2. The Labute approximate surface area is 108 Å². The van der Waals surface area contributed by atoms with Crippen molar-refractivity contribution in [2.75, 3.05) is 18.1 Å². The maximum absolute atomic E-state index is 3.49. The predicted octanol–water partition coefficient (Wildman–Crippen LogP) is 3.11. The van der Waals surface area contributed by atoms with E-state index in [2.05, 4.69) is 40.7 Å². The molecule has 0 aromatic rings. The lowest BCUT2D eigenvalue weighted by molar-refractivity contribution is 0.622.